The third-order valence-electron chi connectivity index (χ3n) is 3.79. The number of hydrogen-bond donors (Lipinski definition) is 1. The lowest BCUT2D eigenvalue weighted by atomic mass is 10.2. The predicted octanol–water partition coefficient (Wildman–Crippen LogP) is 2.87. The summed E-state index contributed by atoms with van der Waals surface area (Å²) in [6, 6.07) is 9.10. The standard InChI is InChI=1S/C18H19BrN4O3/c1-3-26-14-11-12(10-13(19)17(14)25-2)18(24)20-8-7-16-22-21-15-6-4-5-9-23(15)16/h4-6,9-11H,3,7-8H2,1-2H3,(H,20,24). The molecule has 0 spiro atoms. The number of halogens is 1. The van der Waals surface area contributed by atoms with E-state index in [0.717, 1.165) is 11.5 Å². The Hall–Kier alpha value is -2.61. The quantitative estimate of drug-likeness (QED) is 0.638. The molecule has 0 bridgehead atoms. The molecule has 0 unspecified atom stereocenters. The molecule has 26 heavy (non-hydrogen) atoms. The predicted molar refractivity (Wildman–Crippen MR) is 101 cm³/mol. The Labute approximate surface area is 159 Å². The highest BCUT2D eigenvalue weighted by Gasteiger charge is 2.15. The molecule has 0 fully saturated rings. The van der Waals surface area contributed by atoms with E-state index in [0.29, 0.717) is 41.1 Å². The number of aromatic nitrogens is 3. The molecule has 2 aromatic heterocycles. The third kappa shape index (κ3) is 3.80. The molecule has 0 aliphatic rings. The van der Waals surface area contributed by atoms with Crippen LogP contribution in [0.2, 0.25) is 0 Å². The number of ether oxygens (including phenoxy) is 2. The summed E-state index contributed by atoms with van der Waals surface area (Å²) in [7, 11) is 1.56. The molecular weight excluding hydrogens is 400 g/mol. The lowest BCUT2D eigenvalue weighted by molar-refractivity contribution is 0.0953. The fraction of sp³-hybridized carbons (Fsp3) is 0.278. The molecule has 1 N–H and O–H groups in total. The van der Waals surface area contributed by atoms with Gasteiger partial charge in [-0.25, -0.2) is 0 Å². The van der Waals surface area contributed by atoms with Gasteiger partial charge in [-0.3, -0.25) is 9.20 Å². The Morgan fingerprint density at radius 1 is 1.31 bits per heavy atom. The van der Waals surface area contributed by atoms with Gasteiger partial charge in [0.05, 0.1) is 18.2 Å². The van der Waals surface area contributed by atoms with Gasteiger partial charge in [-0.05, 0) is 47.1 Å². The van der Waals surface area contributed by atoms with Crippen LogP contribution in [-0.4, -0.2) is 40.8 Å². The van der Waals surface area contributed by atoms with Crippen LogP contribution >= 0.6 is 15.9 Å². The van der Waals surface area contributed by atoms with Gasteiger partial charge in [0.15, 0.2) is 17.1 Å². The van der Waals surface area contributed by atoms with Crippen molar-refractivity contribution in [1.29, 1.82) is 0 Å². The number of amides is 1. The first-order valence-electron chi connectivity index (χ1n) is 8.21. The van der Waals surface area contributed by atoms with Crippen LogP contribution in [0.1, 0.15) is 23.1 Å². The Morgan fingerprint density at radius 3 is 2.92 bits per heavy atom. The molecular formula is C18H19BrN4O3. The van der Waals surface area contributed by atoms with Gasteiger partial charge in [0.25, 0.3) is 5.91 Å². The van der Waals surface area contributed by atoms with Crippen molar-refractivity contribution in [3.63, 3.8) is 0 Å². The Bertz CT molecular complexity index is 926. The molecule has 0 saturated heterocycles. The monoisotopic (exact) mass is 418 g/mol. The molecule has 0 atom stereocenters. The van der Waals surface area contributed by atoms with Gasteiger partial charge in [-0.2, -0.15) is 0 Å². The number of hydrogen-bond acceptors (Lipinski definition) is 5. The van der Waals surface area contributed by atoms with Crippen LogP contribution in [0, 0.1) is 0 Å². The number of benzene rings is 1. The summed E-state index contributed by atoms with van der Waals surface area (Å²) in [5.74, 6) is 1.70. The second-order valence-electron chi connectivity index (χ2n) is 5.47. The number of rotatable bonds is 7. The van der Waals surface area contributed by atoms with Crippen molar-refractivity contribution in [1.82, 2.24) is 19.9 Å². The van der Waals surface area contributed by atoms with Gasteiger partial charge < -0.3 is 14.8 Å². The van der Waals surface area contributed by atoms with E-state index < -0.39 is 0 Å². The summed E-state index contributed by atoms with van der Waals surface area (Å²) in [6.07, 6.45) is 2.48. The first-order chi connectivity index (χ1) is 12.6. The molecule has 3 rings (SSSR count). The van der Waals surface area contributed by atoms with E-state index >= 15 is 0 Å². The number of methoxy groups -OCH3 is 1. The molecule has 0 aliphatic carbocycles. The highest BCUT2D eigenvalue weighted by molar-refractivity contribution is 9.10. The summed E-state index contributed by atoms with van der Waals surface area (Å²) < 4.78 is 13.4. The maximum Gasteiger partial charge on any atom is 0.251 e. The fourth-order valence-corrected chi connectivity index (χ4v) is 3.22. The SMILES string of the molecule is CCOc1cc(C(=O)NCCc2nnc3ccccn23)cc(Br)c1OC. The third-order valence-corrected chi connectivity index (χ3v) is 4.38. The fourth-order valence-electron chi connectivity index (χ4n) is 2.61. The van der Waals surface area contributed by atoms with Crippen LogP contribution in [0.3, 0.4) is 0 Å². The van der Waals surface area contributed by atoms with E-state index in [-0.39, 0.29) is 5.91 Å². The Morgan fingerprint density at radius 2 is 2.15 bits per heavy atom. The number of fused-ring (bicyclic) bond motifs is 1. The molecule has 0 saturated carbocycles. The van der Waals surface area contributed by atoms with Crippen LogP contribution in [-0.2, 0) is 6.42 Å². The molecule has 2 heterocycles. The highest BCUT2D eigenvalue weighted by Crippen LogP contribution is 2.36. The van der Waals surface area contributed by atoms with Crippen LogP contribution in [0.25, 0.3) is 5.65 Å². The number of nitrogens with one attached hydrogen (secondary N) is 1. The Kier molecular flexibility index (Phi) is 5.72. The lowest BCUT2D eigenvalue weighted by Crippen LogP contribution is -2.26. The largest absolute Gasteiger partial charge is 0.492 e. The van der Waals surface area contributed by atoms with Crippen molar-refractivity contribution in [2.45, 2.75) is 13.3 Å². The van der Waals surface area contributed by atoms with Crippen molar-refractivity contribution in [2.75, 3.05) is 20.3 Å². The van der Waals surface area contributed by atoms with Gasteiger partial charge in [0.1, 0.15) is 5.82 Å². The second kappa shape index (κ2) is 8.18. The van der Waals surface area contributed by atoms with E-state index in [1.165, 1.54) is 0 Å². The van der Waals surface area contributed by atoms with Crippen LogP contribution in [0.5, 0.6) is 11.5 Å². The van der Waals surface area contributed by atoms with E-state index in [1.54, 1.807) is 19.2 Å². The van der Waals surface area contributed by atoms with Gasteiger partial charge in [-0.15, -0.1) is 10.2 Å². The average molecular weight is 419 g/mol. The van der Waals surface area contributed by atoms with Crippen molar-refractivity contribution < 1.29 is 14.3 Å². The van der Waals surface area contributed by atoms with Crippen LogP contribution in [0.4, 0.5) is 0 Å². The van der Waals surface area contributed by atoms with Gasteiger partial charge in [-0.1, -0.05) is 6.07 Å². The van der Waals surface area contributed by atoms with Gasteiger partial charge in [0.2, 0.25) is 0 Å². The maximum atomic E-state index is 12.5. The van der Waals surface area contributed by atoms with E-state index in [1.807, 2.05) is 35.7 Å². The molecule has 0 aliphatic heterocycles. The summed E-state index contributed by atoms with van der Waals surface area (Å²) >= 11 is 3.42. The molecule has 0 radical (unpaired) electrons. The minimum atomic E-state index is -0.192. The minimum Gasteiger partial charge on any atom is -0.492 e. The zero-order valence-corrected chi connectivity index (χ0v) is 16.1. The smallest absolute Gasteiger partial charge is 0.251 e. The molecule has 1 amide bonds. The first kappa shape index (κ1) is 18.2. The highest BCUT2D eigenvalue weighted by atomic mass is 79.9. The van der Waals surface area contributed by atoms with Crippen molar-refractivity contribution in [2.24, 2.45) is 0 Å². The van der Waals surface area contributed by atoms with Crippen molar-refractivity contribution in [3.8, 4) is 11.5 Å². The van der Waals surface area contributed by atoms with E-state index in [9.17, 15) is 4.79 Å². The topological polar surface area (TPSA) is 77.8 Å². The minimum absolute atomic E-state index is 0.192. The molecule has 8 heteroatoms. The zero-order chi connectivity index (χ0) is 18.5. The molecule has 7 nitrogen and oxygen atoms in total. The summed E-state index contributed by atoms with van der Waals surface area (Å²) in [5.41, 5.74) is 1.28. The lowest BCUT2D eigenvalue weighted by Gasteiger charge is -2.13. The van der Waals surface area contributed by atoms with Crippen LogP contribution in [0.15, 0.2) is 41.0 Å². The maximum absolute atomic E-state index is 12.5. The van der Waals surface area contributed by atoms with Crippen molar-refractivity contribution in [3.05, 3.63) is 52.4 Å². The molecule has 136 valence electrons. The number of nitrogens with zero attached hydrogens (tertiary/aromatic N) is 3. The summed E-state index contributed by atoms with van der Waals surface area (Å²) in [5, 5.41) is 11.2. The average Bonchev–Trinajstić information content (AvgIpc) is 3.05. The summed E-state index contributed by atoms with van der Waals surface area (Å²) in [4.78, 5) is 12.5. The molecule has 1 aromatic carbocycles. The van der Waals surface area contributed by atoms with Gasteiger partial charge >= 0.3 is 0 Å². The normalized spacial score (nSPS) is 10.7. The summed E-state index contributed by atoms with van der Waals surface area (Å²) in [6.45, 7) is 2.80. The second-order valence-corrected chi connectivity index (χ2v) is 6.33. The van der Waals surface area contributed by atoms with Crippen LogP contribution < -0.4 is 14.8 Å². The number of carbonyl (C=O) groups excluding carboxylic acids is 1. The van der Waals surface area contributed by atoms with Gasteiger partial charge in [0, 0.05) is 24.7 Å². The number of pyridine rings is 1. The zero-order valence-electron chi connectivity index (χ0n) is 14.5. The molecule has 3 aromatic rings. The van der Waals surface area contributed by atoms with Crippen molar-refractivity contribution >= 4 is 27.5 Å². The number of carbonyl (C=O) groups is 1. The van der Waals surface area contributed by atoms with E-state index in [2.05, 4.69) is 31.4 Å². The van der Waals surface area contributed by atoms with E-state index in [4.69, 9.17) is 9.47 Å². The Balaban J connectivity index is 1.68. The first-order valence-corrected chi connectivity index (χ1v) is 9.00.